The van der Waals surface area contributed by atoms with Gasteiger partial charge in [-0.3, -0.25) is 4.90 Å². The average molecular weight is 127 g/mol. The minimum Gasteiger partial charge on any atom is -0.301 e. The summed E-state index contributed by atoms with van der Waals surface area (Å²) in [5.41, 5.74) is -0.0833. The van der Waals surface area contributed by atoms with Crippen molar-refractivity contribution in [3.8, 4) is 0 Å². The molecule has 0 aliphatic heterocycles. The third kappa shape index (κ3) is 0.874. The fraction of sp³-hybridized carbons (Fsp3) is 0.857. The van der Waals surface area contributed by atoms with Crippen LogP contribution in [0, 0.1) is 0 Å². The van der Waals surface area contributed by atoms with E-state index >= 15 is 0 Å². The molecule has 0 atom stereocenters. The molecule has 1 saturated carbocycles. The van der Waals surface area contributed by atoms with E-state index in [0.717, 1.165) is 19.1 Å². The van der Waals surface area contributed by atoms with Gasteiger partial charge >= 0.3 is 0 Å². The highest BCUT2D eigenvalue weighted by molar-refractivity contribution is 5.65. The van der Waals surface area contributed by atoms with E-state index in [1.807, 2.05) is 19.0 Å². The van der Waals surface area contributed by atoms with Gasteiger partial charge in [0, 0.05) is 0 Å². The summed E-state index contributed by atoms with van der Waals surface area (Å²) in [6.07, 6.45) is 4.38. The van der Waals surface area contributed by atoms with Gasteiger partial charge in [0.05, 0.1) is 5.54 Å². The lowest BCUT2D eigenvalue weighted by Crippen LogP contribution is -2.51. The highest BCUT2D eigenvalue weighted by atomic mass is 16.1. The molecule has 52 valence electrons. The van der Waals surface area contributed by atoms with E-state index < -0.39 is 0 Å². The van der Waals surface area contributed by atoms with Crippen molar-refractivity contribution >= 4 is 6.29 Å². The van der Waals surface area contributed by atoms with Crippen molar-refractivity contribution in [3.63, 3.8) is 0 Å². The predicted molar refractivity (Wildman–Crippen MR) is 36.3 cm³/mol. The van der Waals surface area contributed by atoms with Crippen molar-refractivity contribution in [2.24, 2.45) is 0 Å². The fourth-order valence-corrected chi connectivity index (χ4v) is 1.21. The summed E-state index contributed by atoms with van der Waals surface area (Å²) in [4.78, 5) is 12.5. The Morgan fingerprint density at radius 2 is 2.00 bits per heavy atom. The Hall–Kier alpha value is -0.370. The minimum absolute atomic E-state index is 0.0833. The summed E-state index contributed by atoms with van der Waals surface area (Å²) in [5, 5.41) is 0. The van der Waals surface area contributed by atoms with Gasteiger partial charge < -0.3 is 4.79 Å². The number of hydrogen-bond donors (Lipinski definition) is 0. The SMILES string of the molecule is CN(C)C1(C=O)CCC1. The van der Waals surface area contributed by atoms with Crippen LogP contribution in [0.15, 0.2) is 0 Å². The quantitative estimate of drug-likeness (QED) is 0.508. The number of carbonyl (C=O) groups excluding carboxylic acids is 1. The first-order valence-electron chi connectivity index (χ1n) is 3.35. The summed E-state index contributed by atoms with van der Waals surface area (Å²) in [7, 11) is 3.93. The van der Waals surface area contributed by atoms with Crippen LogP contribution in [0.1, 0.15) is 19.3 Å². The van der Waals surface area contributed by atoms with Crippen LogP contribution < -0.4 is 0 Å². The Labute approximate surface area is 55.8 Å². The molecule has 1 rings (SSSR count). The van der Waals surface area contributed by atoms with Crippen LogP contribution in [-0.4, -0.2) is 30.8 Å². The lowest BCUT2D eigenvalue weighted by Gasteiger charge is -2.42. The molecule has 9 heavy (non-hydrogen) atoms. The lowest BCUT2D eigenvalue weighted by molar-refractivity contribution is -0.121. The molecule has 0 aromatic rings. The summed E-state index contributed by atoms with van der Waals surface area (Å²) >= 11 is 0. The molecule has 0 bridgehead atoms. The van der Waals surface area contributed by atoms with Crippen LogP contribution >= 0.6 is 0 Å². The molecular formula is C7H13NO. The first-order valence-corrected chi connectivity index (χ1v) is 3.35. The van der Waals surface area contributed by atoms with Gasteiger partial charge in [0.25, 0.3) is 0 Å². The number of rotatable bonds is 2. The van der Waals surface area contributed by atoms with Gasteiger partial charge in [-0.25, -0.2) is 0 Å². The molecule has 1 aliphatic rings. The van der Waals surface area contributed by atoms with Crippen molar-refractivity contribution in [2.75, 3.05) is 14.1 Å². The third-order valence-electron chi connectivity index (χ3n) is 2.33. The van der Waals surface area contributed by atoms with E-state index in [9.17, 15) is 4.79 Å². The number of carbonyl (C=O) groups is 1. The average Bonchev–Trinajstić information content (AvgIpc) is 1.62. The van der Waals surface area contributed by atoms with Crippen molar-refractivity contribution in [3.05, 3.63) is 0 Å². The molecule has 0 aromatic carbocycles. The van der Waals surface area contributed by atoms with Crippen molar-refractivity contribution in [1.29, 1.82) is 0 Å². The van der Waals surface area contributed by atoms with Crippen LogP contribution in [0.5, 0.6) is 0 Å². The summed E-state index contributed by atoms with van der Waals surface area (Å²) in [6.45, 7) is 0. The van der Waals surface area contributed by atoms with Gasteiger partial charge in [-0.2, -0.15) is 0 Å². The standard InChI is InChI=1S/C7H13NO/c1-8(2)7(6-9)4-3-5-7/h6H,3-5H2,1-2H3. The molecule has 1 aliphatic carbocycles. The number of nitrogens with zero attached hydrogens (tertiary/aromatic N) is 1. The maximum absolute atomic E-state index is 10.5. The Morgan fingerprint density at radius 1 is 1.44 bits per heavy atom. The van der Waals surface area contributed by atoms with Crippen LogP contribution in [-0.2, 0) is 4.79 Å². The molecule has 0 N–H and O–H groups in total. The molecule has 0 unspecified atom stereocenters. The van der Waals surface area contributed by atoms with Crippen molar-refractivity contribution < 1.29 is 4.79 Å². The zero-order valence-electron chi connectivity index (χ0n) is 6.05. The second-order valence-corrected chi connectivity index (χ2v) is 2.97. The highest BCUT2D eigenvalue weighted by Gasteiger charge is 2.38. The third-order valence-corrected chi connectivity index (χ3v) is 2.33. The van der Waals surface area contributed by atoms with E-state index in [-0.39, 0.29) is 5.54 Å². The van der Waals surface area contributed by atoms with Crippen molar-refractivity contribution in [1.82, 2.24) is 4.90 Å². The molecule has 0 heterocycles. The molecule has 0 spiro atoms. The number of likely N-dealkylation sites (N-methyl/N-ethyl adjacent to an activating group) is 1. The number of hydrogen-bond acceptors (Lipinski definition) is 2. The van der Waals surface area contributed by atoms with Crippen LogP contribution in [0.3, 0.4) is 0 Å². The molecule has 0 amide bonds. The molecule has 0 radical (unpaired) electrons. The highest BCUT2D eigenvalue weighted by Crippen LogP contribution is 2.33. The first kappa shape index (κ1) is 6.75. The summed E-state index contributed by atoms with van der Waals surface area (Å²) < 4.78 is 0. The Kier molecular flexibility index (Phi) is 1.58. The van der Waals surface area contributed by atoms with E-state index in [0.29, 0.717) is 0 Å². The van der Waals surface area contributed by atoms with Crippen molar-refractivity contribution in [2.45, 2.75) is 24.8 Å². The maximum atomic E-state index is 10.5. The largest absolute Gasteiger partial charge is 0.301 e. The topological polar surface area (TPSA) is 20.3 Å². The zero-order chi connectivity index (χ0) is 6.91. The van der Waals surface area contributed by atoms with Gasteiger partial charge in [-0.05, 0) is 33.4 Å². The Balaban J connectivity index is 2.56. The Morgan fingerprint density at radius 3 is 2.00 bits per heavy atom. The van der Waals surface area contributed by atoms with Crippen LogP contribution in [0.25, 0.3) is 0 Å². The van der Waals surface area contributed by atoms with E-state index in [2.05, 4.69) is 0 Å². The zero-order valence-corrected chi connectivity index (χ0v) is 6.05. The molecule has 0 aromatic heterocycles. The van der Waals surface area contributed by atoms with E-state index in [4.69, 9.17) is 0 Å². The minimum atomic E-state index is -0.0833. The van der Waals surface area contributed by atoms with Gasteiger partial charge in [-0.15, -0.1) is 0 Å². The van der Waals surface area contributed by atoms with Gasteiger partial charge in [0.1, 0.15) is 6.29 Å². The summed E-state index contributed by atoms with van der Waals surface area (Å²) in [6, 6.07) is 0. The van der Waals surface area contributed by atoms with E-state index in [1.54, 1.807) is 0 Å². The van der Waals surface area contributed by atoms with Gasteiger partial charge in [-0.1, -0.05) is 0 Å². The first-order chi connectivity index (χ1) is 4.21. The second-order valence-electron chi connectivity index (χ2n) is 2.97. The second kappa shape index (κ2) is 2.10. The molecular weight excluding hydrogens is 114 g/mol. The van der Waals surface area contributed by atoms with E-state index in [1.165, 1.54) is 6.42 Å². The monoisotopic (exact) mass is 127 g/mol. The summed E-state index contributed by atoms with van der Waals surface area (Å²) in [5.74, 6) is 0. The number of aldehydes is 1. The van der Waals surface area contributed by atoms with Crippen LogP contribution in [0.4, 0.5) is 0 Å². The van der Waals surface area contributed by atoms with Gasteiger partial charge in [0.2, 0.25) is 0 Å². The molecule has 1 fully saturated rings. The molecule has 2 heteroatoms. The Bertz CT molecular complexity index is 116. The lowest BCUT2D eigenvalue weighted by atomic mass is 9.77. The van der Waals surface area contributed by atoms with Crippen LogP contribution in [0.2, 0.25) is 0 Å². The predicted octanol–water partition coefficient (Wildman–Crippen LogP) is 0.670. The normalized spacial score (nSPS) is 23.4. The maximum Gasteiger partial charge on any atom is 0.140 e. The smallest absolute Gasteiger partial charge is 0.140 e. The fourth-order valence-electron chi connectivity index (χ4n) is 1.21. The molecule has 2 nitrogen and oxygen atoms in total. The van der Waals surface area contributed by atoms with Gasteiger partial charge in [0.15, 0.2) is 0 Å². The molecule has 0 saturated heterocycles.